The van der Waals surface area contributed by atoms with Gasteiger partial charge < -0.3 is 5.73 Å². The van der Waals surface area contributed by atoms with Crippen LogP contribution in [0.15, 0.2) is 0 Å². The van der Waals surface area contributed by atoms with Crippen molar-refractivity contribution in [3.05, 3.63) is 0 Å². The number of hydrogen-bond acceptors (Lipinski definition) is 1. The molecule has 0 spiro atoms. The van der Waals surface area contributed by atoms with Crippen LogP contribution in [0.2, 0.25) is 0 Å². The summed E-state index contributed by atoms with van der Waals surface area (Å²) in [5.41, 5.74) is 6.72. The van der Waals surface area contributed by atoms with Crippen LogP contribution in [0.5, 0.6) is 0 Å². The smallest absolute Gasteiger partial charge is 0.0157 e. The van der Waals surface area contributed by atoms with Gasteiger partial charge in [0.15, 0.2) is 0 Å². The first-order valence-corrected chi connectivity index (χ1v) is 6.52. The van der Waals surface area contributed by atoms with Gasteiger partial charge in [-0.25, -0.2) is 0 Å². The van der Waals surface area contributed by atoms with Crippen molar-refractivity contribution in [2.75, 3.05) is 0 Å². The highest BCUT2D eigenvalue weighted by Gasteiger charge is 2.39. The Bertz CT molecular complexity index is 186. The van der Waals surface area contributed by atoms with Gasteiger partial charge in [0.1, 0.15) is 0 Å². The van der Waals surface area contributed by atoms with Gasteiger partial charge in [-0.1, -0.05) is 32.6 Å². The van der Waals surface area contributed by atoms with Crippen molar-refractivity contribution in [3.63, 3.8) is 0 Å². The van der Waals surface area contributed by atoms with Crippen molar-refractivity contribution in [1.29, 1.82) is 0 Å². The van der Waals surface area contributed by atoms with Crippen LogP contribution >= 0.6 is 0 Å². The zero-order valence-electron chi connectivity index (χ0n) is 9.60. The van der Waals surface area contributed by atoms with E-state index < -0.39 is 0 Å². The summed E-state index contributed by atoms with van der Waals surface area (Å²) >= 11 is 0. The summed E-state index contributed by atoms with van der Waals surface area (Å²) < 4.78 is 0. The van der Waals surface area contributed by atoms with E-state index in [0.717, 1.165) is 11.8 Å². The number of rotatable bonds is 4. The fraction of sp³-hybridized carbons (Fsp3) is 1.00. The molecule has 0 heterocycles. The monoisotopic (exact) mass is 195 g/mol. The minimum atomic E-state index is 0.224. The van der Waals surface area contributed by atoms with Gasteiger partial charge in [-0.05, 0) is 43.9 Å². The molecular weight excluding hydrogens is 170 g/mol. The number of nitrogens with two attached hydrogens (primary N) is 1. The van der Waals surface area contributed by atoms with Crippen LogP contribution in [0.25, 0.3) is 0 Å². The molecule has 2 aliphatic carbocycles. The van der Waals surface area contributed by atoms with Crippen LogP contribution in [0, 0.1) is 11.8 Å². The molecule has 2 rings (SSSR count). The molecule has 0 radical (unpaired) electrons. The molecule has 2 fully saturated rings. The average Bonchev–Trinajstić information content (AvgIpc) is 2.98. The molecule has 0 aromatic rings. The second-order valence-corrected chi connectivity index (χ2v) is 5.66. The second kappa shape index (κ2) is 4.22. The van der Waals surface area contributed by atoms with Crippen molar-refractivity contribution < 1.29 is 0 Å². The summed E-state index contributed by atoms with van der Waals surface area (Å²) in [4.78, 5) is 0. The summed E-state index contributed by atoms with van der Waals surface area (Å²) in [7, 11) is 0. The number of hydrogen-bond donors (Lipinski definition) is 1. The van der Waals surface area contributed by atoms with Gasteiger partial charge in [0.25, 0.3) is 0 Å². The lowest BCUT2D eigenvalue weighted by Gasteiger charge is -2.38. The molecule has 1 heteroatoms. The van der Waals surface area contributed by atoms with E-state index in [0.29, 0.717) is 0 Å². The molecule has 2 N–H and O–H groups in total. The average molecular weight is 195 g/mol. The van der Waals surface area contributed by atoms with Crippen LogP contribution in [-0.4, -0.2) is 5.54 Å². The Balaban J connectivity index is 1.84. The van der Waals surface area contributed by atoms with E-state index in [1.807, 2.05) is 0 Å². The van der Waals surface area contributed by atoms with E-state index in [4.69, 9.17) is 5.73 Å². The Labute approximate surface area is 88.4 Å². The zero-order chi connectivity index (χ0) is 10.0. The first-order valence-electron chi connectivity index (χ1n) is 6.52. The standard InChI is InChI=1S/C13H25N/c1-2-3-8-13(14)9-4-5-12(10-13)11-6-7-11/h11-12H,2-10,14H2,1H3. The van der Waals surface area contributed by atoms with Gasteiger partial charge in [-0.2, -0.15) is 0 Å². The molecule has 2 saturated carbocycles. The molecule has 0 aromatic heterocycles. The summed E-state index contributed by atoms with van der Waals surface area (Å²) in [6.07, 6.45) is 12.4. The van der Waals surface area contributed by atoms with E-state index in [-0.39, 0.29) is 5.54 Å². The van der Waals surface area contributed by atoms with Gasteiger partial charge >= 0.3 is 0 Å². The molecule has 14 heavy (non-hydrogen) atoms. The maximum absolute atomic E-state index is 6.50. The normalized spacial score (nSPS) is 38.6. The Hall–Kier alpha value is -0.0400. The quantitative estimate of drug-likeness (QED) is 0.730. The SMILES string of the molecule is CCCCC1(N)CCCC(C2CC2)C1. The fourth-order valence-corrected chi connectivity index (χ4v) is 3.17. The summed E-state index contributed by atoms with van der Waals surface area (Å²) in [6.45, 7) is 2.27. The van der Waals surface area contributed by atoms with Crippen LogP contribution in [-0.2, 0) is 0 Å². The van der Waals surface area contributed by atoms with Gasteiger partial charge in [-0.3, -0.25) is 0 Å². The molecule has 0 aromatic carbocycles. The molecule has 82 valence electrons. The van der Waals surface area contributed by atoms with E-state index in [2.05, 4.69) is 6.92 Å². The van der Waals surface area contributed by atoms with Crippen LogP contribution in [0.4, 0.5) is 0 Å². The fourth-order valence-electron chi connectivity index (χ4n) is 3.17. The molecule has 0 bridgehead atoms. The molecule has 0 saturated heterocycles. The molecule has 1 nitrogen and oxygen atoms in total. The highest BCUT2D eigenvalue weighted by atomic mass is 14.7. The first kappa shape index (κ1) is 10.5. The third-order valence-electron chi connectivity index (χ3n) is 4.24. The van der Waals surface area contributed by atoms with Gasteiger partial charge in [0, 0.05) is 5.54 Å². The molecule has 2 unspecified atom stereocenters. The van der Waals surface area contributed by atoms with E-state index >= 15 is 0 Å². The van der Waals surface area contributed by atoms with Crippen molar-refractivity contribution >= 4 is 0 Å². The van der Waals surface area contributed by atoms with Crippen LogP contribution < -0.4 is 5.73 Å². The molecule has 0 aliphatic heterocycles. The highest BCUT2D eigenvalue weighted by Crippen LogP contribution is 2.46. The first-order chi connectivity index (χ1) is 6.73. The predicted molar refractivity (Wildman–Crippen MR) is 61.1 cm³/mol. The summed E-state index contributed by atoms with van der Waals surface area (Å²) in [5.74, 6) is 2.06. The molecule has 0 amide bonds. The van der Waals surface area contributed by atoms with E-state index in [9.17, 15) is 0 Å². The van der Waals surface area contributed by atoms with Crippen LogP contribution in [0.1, 0.15) is 64.7 Å². The van der Waals surface area contributed by atoms with Gasteiger partial charge in [-0.15, -0.1) is 0 Å². The second-order valence-electron chi connectivity index (χ2n) is 5.66. The molecular formula is C13H25N. The molecule has 2 atom stereocenters. The Kier molecular flexibility index (Phi) is 3.16. The third kappa shape index (κ3) is 2.50. The van der Waals surface area contributed by atoms with Crippen LogP contribution in [0.3, 0.4) is 0 Å². The largest absolute Gasteiger partial charge is 0.325 e. The summed E-state index contributed by atoms with van der Waals surface area (Å²) in [5, 5.41) is 0. The highest BCUT2D eigenvalue weighted by molar-refractivity contribution is 4.95. The molecule has 2 aliphatic rings. The van der Waals surface area contributed by atoms with Crippen molar-refractivity contribution in [2.45, 2.75) is 70.3 Å². The minimum Gasteiger partial charge on any atom is -0.325 e. The third-order valence-corrected chi connectivity index (χ3v) is 4.24. The Morgan fingerprint density at radius 3 is 2.64 bits per heavy atom. The lowest BCUT2D eigenvalue weighted by Crippen LogP contribution is -2.44. The minimum absolute atomic E-state index is 0.224. The topological polar surface area (TPSA) is 26.0 Å². The maximum Gasteiger partial charge on any atom is 0.0157 e. The lowest BCUT2D eigenvalue weighted by atomic mass is 9.72. The van der Waals surface area contributed by atoms with E-state index in [1.165, 1.54) is 57.8 Å². The Morgan fingerprint density at radius 2 is 2.00 bits per heavy atom. The van der Waals surface area contributed by atoms with Crippen molar-refractivity contribution in [2.24, 2.45) is 17.6 Å². The van der Waals surface area contributed by atoms with Crippen molar-refractivity contribution in [1.82, 2.24) is 0 Å². The summed E-state index contributed by atoms with van der Waals surface area (Å²) in [6, 6.07) is 0. The van der Waals surface area contributed by atoms with Gasteiger partial charge in [0.2, 0.25) is 0 Å². The zero-order valence-corrected chi connectivity index (χ0v) is 9.60. The van der Waals surface area contributed by atoms with Crippen molar-refractivity contribution in [3.8, 4) is 0 Å². The number of unbranched alkanes of at least 4 members (excludes halogenated alkanes) is 1. The predicted octanol–water partition coefficient (Wildman–Crippen LogP) is 3.47. The van der Waals surface area contributed by atoms with E-state index in [1.54, 1.807) is 0 Å². The lowest BCUT2D eigenvalue weighted by molar-refractivity contribution is 0.192. The maximum atomic E-state index is 6.50. The van der Waals surface area contributed by atoms with Gasteiger partial charge in [0.05, 0.1) is 0 Å². The Morgan fingerprint density at radius 1 is 1.21 bits per heavy atom.